The molecule has 0 saturated heterocycles. The smallest absolute Gasteiger partial charge is 0.223 e. The highest BCUT2D eigenvalue weighted by molar-refractivity contribution is 6.38. The zero-order valence-corrected chi connectivity index (χ0v) is 15.3. The van der Waals surface area contributed by atoms with Crippen LogP contribution < -0.4 is 5.73 Å². The first kappa shape index (κ1) is 18.3. The van der Waals surface area contributed by atoms with Gasteiger partial charge in [-0.25, -0.2) is 4.39 Å². The molecular formula is C17H15Cl2FN6. The number of benzene rings is 2. The van der Waals surface area contributed by atoms with Gasteiger partial charge in [0, 0.05) is 23.2 Å². The molecule has 0 bridgehead atoms. The van der Waals surface area contributed by atoms with Crippen LogP contribution in [0.4, 0.5) is 4.39 Å². The monoisotopic (exact) mass is 392 g/mol. The number of hydrogen-bond acceptors (Lipinski definition) is 4. The third-order valence-electron chi connectivity index (χ3n) is 4.05. The molecule has 2 aromatic heterocycles. The first-order valence-electron chi connectivity index (χ1n) is 7.62. The molecule has 2 N–H and O–H groups in total. The molecule has 4 aromatic rings. The van der Waals surface area contributed by atoms with Crippen LogP contribution in [0.2, 0.25) is 5.02 Å². The zero-order chi connectivity index (χ0) is 17.6. The van der Waals surface area contributed by atoms with Crippen molar-refractivity contribution in [1.29, 1.82) is 0 Å². The van der Waals surface area contributed by atoms with Crippen LogP contribution in [0.5, 0.6) is 0 Å². The Morgan fingerprint density at radius 3 is 2.62 bits per heavy atom. The van der Waals surface area contributed by atoms with Crippen molar-refractivity contribution in [2.24, 2.45) is 12.8 Å². The van der Waals surface area contributed by atoms with E-state index in [9.17, 15) is 4.39 Å². The fraction of sp³-hybridized carbons (Fsp3) is 0.118. The molecule has 0 aliphatic rings. The summed E-state index contributed by atoms with van der Waals surface area (Å²) >= 11 is 6.60. The first-order chi connectivity index (χ1) is 12.1. The van der Waals surface area contributed by atoms with Gasteiger partial charge in [0.05, 0.1) is 17.6 Å². The fourth-order valence-electron chi connectivity index (χ4n) is 2.89. The average molecular weight is 393 g/mol. The van der Waals surface area contributed by atoms with Crippen LogP contribution in [-0.2, 0) is 13.6 Å². The third kappa shape index (κ3) is 2.84. The van der Waals surface area contributed by atoms with Crippen LogP contribution >= 0.6 is 24.0 Å². The number of aromatic nitrogens is 5. The summed E-state index contributed by atoms with van der Waals surface area (Å²) in [5.74, 6) is -0.000955. The lowest BCUT2D eigenvalue weighted by molar-refractivity contribution is 0.609. The Balaban J connectivity index is 0.00000196. The minimum Gasteiger partial charge on any atom is -0.326 e. The van der Waals surface area contributed by atoms with Crippen molar-refractivity contribution >= 4 is 34.9 Å². The number of aryl methyl sites for hydroxylation is 1. The largest absolute Gasteiger partial charge is 0.326 e. The zero-order valence-electron chi connectivity index (χ0n) is 13.7. The van der Waals surface area contributed by atoms with E-state index in [1.165, 1.54) is 10.9 Å². The van der Waals surface area contributed by atoms with Crippen LogP contribution in [-0.4, -0.2) is 24.8 Å². The summed E-state index contributed by atoms with van der Waals surface area (Å²) < 4.78 is 16.1. The van der Waals surface area contributed by atoms with E-state index in [0.717, 1.165) is 10.9 Å². The van der Waals surface area contributed by atoms with Crippen molar-refractivity contribution in [1.82, 2.24) is 24.8 Å². The minimum absolute atomic E-state index is 0. The fourth-order valence-corrected chi connectivity index (χ4v) is 3.22. The van der Waals surface area contributed by atoms with Gasteiger partial charge in [-0.15, -0.1) is 22.6 Å². The van der Waals surface area contributed by atoms with Gasteiger partial charge >= 0.3 is 0 Å². The number of hydrogen-bond donors (Lipinski definition) is 1. The van der Waals surface area contributed by atoms with E-state index in [4.69, 9.17) is 17.3 Å². The van der Waals surface area contributed by atoms with Gasteiger partial charge in [0.15, 0.2) is 0 Å². The topological polar surface area (TPSA) is 74.5 Å². The van der Waals surface area contributed by atoms with Crippen molar-refractivity contribution in [3.8, 4) is 17.2 Å². The number of nitrogens with zero attached hydrogens (tertiary/aromatic N) is 5. The molecule has 6 nitrogen and oxygen atoms in total. The van der Waals surface area contributed by atoms with Crippen molar-refractivity contribution < 1.29 is 4.39 Å². The Labute approximate surface area is 159 Å². The molecule has 2 heterocycles. The number of para-hydroxylation sites is 1. The van der Waals surface area contributed by atoms with E-state index >= 15 is 0 Å². The van der Waals surface area contributed by atoms with E-state index < -0.39 is 0 Å². The molecule has 134 valence electrons. The van der Waals surface area contributed by atoms with E-state index in [2.05, 4.69) is 15.4 Å². The number of tetrazole rings is 1. The molecule has 0 radical (unpaired) electrons. The number of halogens is 3. The van der Waals surface area contributed by atoms with E-state index in [1.807, 2.05) is 28.8 Å². The van der Waals surface area contributed by atoms with Crippen LogP contribution in [0, 0.1) is 5.82 Å². The highest BCUT2D eigenvalue weighted by Gasteiger charge is 2.22. The van der Waals surface area contributed by atoms with E-state index in [1.54, 1.807) is 19.2 Å². The molecule has 0 spiro atoms. The predicted octanol–water partition coefficient (Wildman–Crippen LogP) is 3.49. The third-order valence-corrected chi connectivity index (χ3v) is 4.43. The summed E-state index contributed by atoms with van der Waals surface area (Å²) in [5, 5.41) is 13.5. The summed E-state index contributed by atoms with van der Waals surface area (Å²) in [6.07, 6.45) is 0. The molecule has 0 aliphatic carbocycles. The van der Waals surface area contributed by atoms with Crippen molar-refractivity contribution in [3.63, 3.8) is 0 Å². The molecule has 0 amide bonds. The SMILES string of the molecule is Cl.Cn1nnc(-c2c(Cl)c3ccccc3n2-c2ccc(CN)c(F)c2)n1. The van der Waals surface area contributed by atoms with Crippen LogP contribution in [0.3, 0.4) is 0 Å². The number of fused-ring (bicyclic) bond motifs is 1. The summed E-state index contributed by atoms with van der Waals surface area (Å²) in [7, 11) is 1.67. The average Bonchev–Trinajstić information content (AvgIpc) is 3.16. The Hall–Kier alpha value is -2.48. The normalized spacial score (nSPS) is 10.9. The highest BCUT2D eigenvalue weighted by atomic mass is 35.5. The quantitative estimate of drug-likeness (QED) is 0.578. The van der Waals surface area contributed by atoms with Gasteiger partial charge in [0.25, 0.3) is 0 Å². The Morgan fingerprint density at radius 1 is 1.19 bits per heavy atom. The van der Waals surface area contributed by atoms with Crippen molar-refractivity contribution in [3.05, 3.63) is 58.9 Å². The molecule has 9 heteroatoms. The van der Waals surface area contributed by atoms with Gasteiger partial charge < -0.3 is 10.3 Å². The van der Waals surface area contributed by atoms with Crippen molar-refractivity contribution in [2.45, 2.75) is 6.54 Å². The first-order valence-corrected chi connectivity index (χ1v) is 8.00. The molecule has 0 unspecified atom stereocenters. The molecule has 0 fully saturated rings. The maximum absolute atomic E-state index is 14.3. The van der Waals surface area contributed by atoms with E-state index in [-0.39, 0.29) is 24.8 Å². The van der Waals surface area contributed by atoms with Crippen LogP contribution in [0.25, 0.3) is 28.1 Å². The Bertz CT molecular complexity index is 1090. The van der Waals surface area contributed by atoms with E-state index in [0.29, 0.717) is 27.8 Å². The number of rotatable bonds is 3. The second kappa shape index (κ2) is 7.03. The van der Waals surface area contributed by atoms with Crippen LogP contribution in [0.15, 0.2) is 42.5 Å². The summed E-state index contributed by atoms with van der Waals surface area (Å²) in [5.41, 5.74) is 8.01. The lowest BCUT2D eigenvalue weighted by Crippen LogP contribution is -2.03. The molecule has 4 rings (SSSR count). The molecule has 0 atom stereocenters. The Kier molecular flexibility index (Phi) is 4.95. The van der Waals surface area contributed by atoms with Gasteiger partial charge in [-0.3, -0.25) is 0 Å². The maximum atomic E-state index is 14.3. The molecule has 0 aliphatic heterocycles. The van der Waals surface area contributed by atoms with Gasteiger partial charge in [0.1, 0.15) is 11.5 Å². The second-order valence-corrected chi connectivity index (χ2v) is 5.98. The predicted molar refractivity (Wildman–Crippen MR) is 101 cm³/mol. The van der Waals surface area contributed by atoms with Gasteiger partial charge in [-0.05, 0) is 23.4 Å². The molecular weight excluding hydrogens is 378 g/mol. The maximum Gasteiger partial charge on any atom is 0.223 e. The Morgan fingerprint density at radius 2 is 1.96 bits per heavy atom. The summed E-state index contributed by atoms with van der Waals surface area (Å²) in [4.78, 5) is 1.35. The molecule has 0 saturated carbocycles. The lowest BCUT2D eigenvalue weighted by atomic mass is 10.2. The second-order valence-electron chi connectivity index (χ2n) is 5.60. The van der Waals surface area contributed by atoms with Crippen molar-refractivity contribution in [2.75, 3.05) is 0 Å². The summed E-state index contributed by atoms with van der Waals surface area (Å²) in [6.45, 7) is 0.137. The van der Waals surface area contributed by atoms with Gasteiger partial charge in [-0.1, -0.05) is 35.9 Å². The molecule has 26 heavy (non-hydrogen) atoms. The molecule has 2 aromatic carbocycles. The van der Waals surface area contributed by atoms with Crippen LogP contribution in [0.1, 0.15) is 5.56 Å². The van der Waals surface area contributed by atoms with Gasteiger partial charge in [-0.2, -0.15) is 4.80 Å². The lowest BCUT2D eigenvalue weighted by Gasteiger charge is -2.10. The standard InChI is InChI=1S/C17H14ClFN6.ClH/c1-24-22-17(21-23-24)16-15(18)12-4-2-3-5-14(12)25(16)11-7-6-10(9-20)13(19)8-11;/h2-8H,9,20H2,1H3;1H. The highest BCUT2D eigenvalue weighted by Crippen LogP contribution is 2.38. The minimum atomic E-state index is -0.369. The van der Waals surface area contributed by atoms with Gasteiger partial charge in [0.2, 0.25) is 5.82 Å². The summed E-state index contributed by atoms with van der Waals surface area (Å²) in [6, 6.07) is 12.5. The number of nitrogens with two attached hydrogens (primary N) is 1.